The van der Waals surface area contributed by atoms with Crippen molar-refractivity contribution < 1.29 is 4.39 Å². The minimum Gasteiger partial charge on any atom is -0.377 e. The first-order valence-electron chi connectivity index (χ1n) is 6.57. The van der Waals surface area contributed by atoms with E-state index in [4.69, 9.17) is 23.2 Å². The molecule has 106 valence electrons. The summed E-state index contributed by atoms with van der Waals surface area (Å²) in [7, 11) is 0. The maximum absolute atomic E-state index is 13.3. The van der Waals surface area contributed by atoms with Gasteiger partial charge in [0, 0.05) is 5.02 Å². The predicted molar refractivity (Wildman–Crippen MR) is 84.1 cm³/mol. The summed E-state index contributed by atoms with van der Waals surface area (Å²) in [6.07, 6.45) is 1.93. The van der Waals surface area contributed by atoms with E-state index in [1.165, 1.54) is 12.1 Å². The molecule has 1 nitrogen and oxygen atoms in total. The van der Waals surface area contributed by atoms with Gasteiger partial charge in [-0.3, -0.25) is 0 Å². The summed E-state index contributed by atoms with van der Waals surface area (Å²) in [6.45, 7) is 2.11. The molecule has 0 radical (unpaired) electrons. The molecule has 0 amide bonds. The molecule has 0 aromatic heterocycles. The van der Waals surface area contributed by atoms with Crippen LogP contribution in [0.3, 0.4) is 0 Å². The first kappa shape index (κ1) is 15.1. The molecule has 4 heteroatoms. The highest BCUT2D eigenvalue weighted by atomic mass is 35.5. The Morgan fingerprint density at radius 3 is 2.45 bits per heavy atom. The van der Waals surface area contributed by atoms with E-state index in [1.54, 1.807) is 6.07 Å². The molecule has 2 aromatic rings. The quantitative estimate of drug-likeness (QED) is 0.705. The molecule has 0 heterocycles. The van der Waals surface area contributed by atoms with Gasteiger partial charge in [-0.15, -0.1) is 0 Å². The maximum Gasteiger partial charge on any atom is 0.125 e. The van der Waals surface area contributed by atoms with Crippen molar-refractivity contribution in [2.45, 2.75) is 25.8 Å². The fourth-order valence-corrected chi connectivity index (χ4v) is 2.40. The van der Waals surface area contributed by atoms with Crippen molar-refractivity contribution in [3.8, 4) is 0 Å². The van der Waals surface area contributed by atoms with Crippen LogP contribution in [0.2, 0.25) is 10.0 Å². The number of nitrogens with one attached hydrogen (secondary N) is 1. The van der Waals surface area contributed by atoms with E-state index in [0.29, 0.717) is 15.7 Å². The van der Waals surface area contributed by atoms with Crippen molar-refractivity contribution in [3.05, 3.63) is 63.9 Å². The van der Waals surface area contributed by atoms with Gasteiger partial charge in [0.2, 0.25) is 0 Å². The molecule has 1 N–H and O–H groups in total. The largest absolute Gasteiger partial charge is 0.377 e. The topological polar surface area (TPSA) is 12.0 Å². The minimum atomic E-state index is -0.303. The van der Waals surface area contributed by atoms with Crippen molar-refractivity contribution in [1.82, 2.24) is 0 Å². The van der Waals surface area contributed by atoms with E-state index in [1.807, 2.05) is 24.3 Å². The van der Waals surface area contributed by atoms with E-state index in [0.717, 1.165) is 18.4 Å². The SMILES string of the molecule is CCCC(Nc1cc(F)ccc1Cl)c1ccc(Cl)cc1. The smallest absolute Gasteiger partial charge is 0.125 e. The van der Waals surface area contributed by atoms with Gasteiger partial charge in [0.15, 0.2) is 0 Å². The molecule has 1 unspecified atom stereocenters. The zero-order valence-electron chi connectivity index (χ0n) is 11.2. The lowest BCUT2D eigenvalue weighted by atomic mass is 10.0. The van der Waals surface area contributed by atoms with Crippen LogP contribution in [0.15, 0.2) is 42.5 Å². The van der Waals surface area contributed by atoms with Crippen LogP contribution in [0.5, 0.6) is 0 Å². The van der Waals surface area contributed by atoms with Gasteiger partial charge in [0.05, 0.1) is 16.8 Å². The van der Waals surface area contributed by atoms with Crippen LogP contribution in [0.4, 0.5) is 10.1 Å². The van der Waals surface area contributed by atoms with Crippen molar-refractivity contribution in [2.75, 3.05) is 5.32 Å². The van der Waals surface area contributed by atoms with Crippen molar-refractivity contribution >= 4 is 28.9 Å². The van der Waals surface area contributed by atoms with Crippen molar-refractivity contribution in [3.63, 3.8) is 0 Å². The van der Waals surface area contributed by atoms with Crippen LogP contribution in [-0.2, 0) is 0 Å². The zero-order valence-corrected chi connectivity index (χ0v) is 12.7. The van der Waals surface area contributed by atoms with Gasteiger partial charge >= 0.3 is 0 Å². The lowest BCUT2D eigenvalue weighted by Crippen LogP contribution is -2.11. The van der Waals surface area contributed by atoms with Crippen LogP contribution in [0.1, 0.15) is 31.4 Å². The normalized spacial score (nSPS) is 12.2. The Bertz CT molecular complexity index is 569. The fraction of sp³-hybridized carbons (Fsp3) is 0.250. The number of rotatable bonds is 5. The Hall–Kier alpha value is -1.25. The van der Waals surface area contributed by atoms with Crippen LogP contribution >= 0.6 is 23.2 Å². The lowest BCUT2D eigenvalue weighted by molar-refractivity contribution is 0.626. The van der Waals surface area contributed by atoms with Gasteiger partial charge in [-0.2, -0.15) is 0 Å². The number of benzene rings is 2. The molecular formula is C16H16Cl2FN. The Morgan fingerprint density at radius 2 is 1.80 bits per heavy atom. The Morgan fingerprint density at radius 1 is 1.10 bits per heavy atom. The van der Waals surface area contributed by atoms with Gasteiger partial charge in [0.25, 0.3) is 0 Å². The monoisotopic (exact) mass is 311 g/mol. The van der Waals surface area contributed by atoms with E-state index in [9.17, 15) is 4.39 Å². The van der Waals surface area contributed by atoms with Crippen LogP contribution in [0.25, 0.3) is 0 Å². The average molecular weight is 312 g/mol. The summed E-state index contributed by atoms with van der Waals surface area (Å²) in [4.78, 5) is 0. The van der Waals surface area contributed by atoms with Gasteiger partial charge in [0.1, 0.15) is 5.82 Å². The fourth-order valence-electron chi connectivity index (χ4n) is 2.10. The van der Waals surface area contributed by atoms with E-state index >= 15 is 0 Å². The van der Waals surface area contributed by atoms with Gasteiger partial charge in [-0.25, -0.2) is 4.39 Å². The third kappa shape index (κ3) is 3.87. The first-order chi connectivity index (χ1) is 9.60. The van der Waals surface area contributed by atoms with E-state index < -0.39 is 0 Å². The summed E-state index contributed by atoms with van der Waals surface area (Å²) < 4.78 is 13.3. The van der Waals surface area contributed by atoms with Gasteiger partial charge in [-0.05, 0) is 42.3 Å². The molecule has 2 rings (SSSR count). The highest BCUT2D eigenvalue weighted by molar-refractivity contribution is 6.33. The number of hydrogen-bond donors (Lipinski definition) is 1. The highest BCUT2D eigenvalue weighted by Gasteiger charge is 2.12. The third-order valence-corrected chi connectivity index (χ3v) is 3.69. The second-order valence-electron chi connectivity index (χ2n) is 4.66. The molecule has 1 atom stereocenters. The molecule has 20 heavy (non-hydrogen) atoms. The first-order valence-corrected chi connectivity index (χ1v) is 7.32. The van der Waals surface area contributed by atoms with E-state index in [-0.39, 0.29) is 11.9 Å². The highest BCUT2D eigenvalue weighted by Crippen LogP contribution is 2.29. The summed E-state index contributed by atoms with van der Waals surface area (Å²) >= 11 is 12.0. The van der Waals surface area contributed by atoms with Crippen LogP contribution in [0, 0.1) is 5.82 Å². The van der Waals surface area contributed by atoms with Crippen LogP contribution in [-0.4, -0.2) is 0 Å². The zero-order chi connectivity index (χ0) is 14.5. The Balaban J connectivity index is 2.25. The van der Waals surface area contributed by atoms with Crippen molar-refractivity contribution in [1.29, 1.82) is 0 Å². The Labute approximate surface area is 128 Å². The summed E-state index contributed by atoms with van der Waals surface area (Å²) in [5.41, 5.74) is 1.72. The molecule has 0 saturated heterocycles. The second kappa shape index (κ2) is 6.96. The van der Waals surface area contributed by atoms with Crippen molar-refractivity contribution in [2.24, 2.45) is 0 Å². The summed E-state index contributed by atoms with van der Waals surface area (Å²) in [5, 5.41) is 4.53. The number of halogens is 3. The van der Waals surface area contributed by atoms with Gasteiger partial charge < -0.3 is 5.32 Å². The molecule has 0 bridgehead atoms. The van der Waals surface area contributed by atoms with E-state index in [2.05, 4.69) is 12.2 Å². The van der Waals surface area contributed by atoms with Crippen LogP contribution < -0.4 is 5.32 Å². The molecule has 0 spiro atoms. The molecular weight excluding hydrogens is 296 g/mol. The number of hydrogen-bond acceptors (Lipinski definition) is 1. The molecule has 0 aliphatic heterocycles. The summed E-state index contributed by atoms with van der Waals surface area (Å²) in [5.74, 6) is -0.303. The maximum atomic E-state index is 13.3. The second-order valence-corrected chi connectivity index (χ2v) is 5.50. The third-order valence-electron chi connectivity index (χ3n) is 3.11. The molecule has 0 aliphatic carbocycles. The predicted octanol–water partition coefficient (Wildman–Crippen LogP) is 6.09. The summed E-state index contributed by atoms with van der Waals surface area (Å²) in [6, 6.07) is 12.1. The average Bonchev–Trinajstić information content (AvgIpc) is 2.43. The molecule has 0 fully saturated rings. The molecule has 0 aliphatic rings. The lowest BCUT2D eigenvalue weighted by Gasteiger charge is -2.21. The Kier molecular flexibility index (Phi) is 5.27. The molecule has 2 aromatic carbocycles. The standard InChI is InChI=1S/C16H16Cl2FN/c1-2-3-15(11-4-6-12(17)7-5-11)20-16-10-13(19)8-9-14(16)18/h4-10,15,20H,2-3H2,1H3. The minimum absolute atomic E-state index is 0.0802. The van der Waals surface area contributed by atoms with Gasteiger partial charge in [-0.1, -0.05) is 48.7 Å². The number of anilines is 1. The molecule has 0 saturated carbocycles.